The number of amides is 1. The first-order valence-corrected chi connectivity index (χ1v) is 6.78. The van der Waals surface area contributed by atoms with Gasteiger partial charge in [0.15, 0.2) is 0 Å². The molecule has 19 heavy (non-hydrogen) atoms. The van der Waals surface area contributed by atoms with Crippen molar-refractivity contribution >= 4 is 5.91 Å². The predicted octanol–water partition coefficient (Wildman–Crippen LogP) is 1.73. The summed E-state index contributed by atoms with van der Waals surface area (Å²) in [6.45, 7) is 6.06. The molecule has 4 heteroatoms. The van der Waals surface area contributed by atoms with E-state index >= 15 is 0 Å². The Kier molecular flexibility index (Phi) is 4.43. The molecule has 1 aliphatic rings. The summed E-state index contributed by atoms with van der Waals surface area (Å²) in [6.07, 6.45) is 1.12. The van der Waals surface area contributed by atoms with Gasteiger partial charge in [-0.2, -0.15) is 0 Å². The summed E-state index contributed by atoms with van der Waals surface area (Å²) in [4.78, 5) is 12.3. The minimum Gasteiger partial charge on any atom is -0.496 e. The minimum absolute atomic E-state index is 0.0556. The lowest BCUT2D eigenvalue weighted by Crippen LogP contribution is -2.39. The van der Waals surface area contributed by atoms with E-state index in [2.05, 4.69) is 17.6 Å². The highest BCUT2D eigenvalue weighted by Gasteiger charge is 2.23. The fraction of sp³-hybridized carbons (Fsp3) is 0.533. The largest absolute Gasteiger partial charge is 0.496 e. The summed E-state index contributed by atoms with van der Waals surface area (Å²) in [6, 6.07) is 5.83. The maximum Gasteiger partial charge on any atom is 0.255 e. The molecular formula is C15H22N2O2. The highest BCUT2D eigenvalue weighted by molar-refractivity contribution is 5.97. The van der Waals surface area contributed by atoms with Gasteiger partial charge in [0.1, 0.15) is 5.75 Å². The maximum absolute atomic E-state index is 12.3. The summed E-state index contributed by atoms with van der Waals surface area (Å²) >= 11 is 0. The summed E-state index contributed by atoms with van der Waals surface area (Å²) in [5, 5.41) is 6.40. The molecule has 1 amide bonds. The van der Waals surface area contributed by atoms with Crippen LogP contribution in [0.4, 0.5) is 0 Å². The lowest BCUT2D eigenvalue weighted by atomic mass is 10.00. The molecule has 2 N–H and O–H groups in total. The zero-order valence-electron chi connectivity index (χ0n) is 11.8. The lowest BCUT2D eigenvalue weighted by Gasteiger charge is -2.20. The number of rotatable bonds is 4. The van der Waals surface area contributed by atoms with Crippen molar-refractivity contribution < 1.29 is 9.53 Å². The zero-order valence-corrected chi connectivity index (χ0v) is 11.8. The van der Waals surface area contributed by atoms with Gasteiger partial charge in [0.05, 0.1) is 12.7 Å². The molecule has 0 aliphatic carbocycles. The third-order valence-corrected chi connectivity index (χ3v) is 3.76. The fourth-order valence-electron chi connectivity index (χ4n) is 2.51. The number of benzene rings is 1. The fourth-order valence-corrected chi connectivity index (χ4v) is 2.51. The minimum atomic E-state index is -0.0556. The molecule has 1 fully saturated rings. The van der Waals surface area contributed by atoms with Crippen LogP contribution >= 0.6 is 0 Å². The molecule has 0 saturated carbocycles. The quantitative estimate of drug-likeness (QED) is 0.869. The Balaban J connectivity index is 2.08. The zero-order chi connectivity index (χ0) is 13.8. The van der Waals surface area contributed by atoms with Crippen LogP contribution < -0.4 is 15.4 Å². The van der Waals surface area contributed by atoms with Gasteiger partial charge in [0, 0.05) is 6.04 Å². The molecule has 2 rings (SSSR count). The molecule has 0 bridgehead atoms. The summed E-state index contributed by atoms with van der Waals surface area (Å²) < 4.78 is 5.26. The van der Waals surface area contributed by atoms with Crippen molar-refractivity contribution in [1.82, 2.24) is 10.6 Å². The van der Waals surface area contributed by atoms with Gasteiger partial charge >= 0.3 is 0 Å². The molecule has 4 nitrogen and oxygen atoms in total. The Hall–Kier alpha value is -1.55. The number of carbonyl (C=O) groups excluding carboxylic acids is 1. The average molecular weight is 262 g/mol. The normalized spacial score (nSPS) is 20.1. The van der Waals surface area contributed by atoms with Crippen molar-refractivity contribution in [2.45, 2.75) is 26.3 Å². The molecular weight excluding hydrogens is 240 g/mol. The van der Waals surface area contributed by atoms with Gasteiger partial charge in [-0.25, -0.2) is 0 Å². The number of hydrogen-bond donors (Lipinski definition) is 2. The van der Waals surface area contributed by atoms with E-state index in [1.165, 1.54) is 0 Å². The van der Waals surface area contributed by atoms with Gasteiger partial charge in [0.2, 0.25) is 0 Å². The van der Waals surface area contributed by atoms with Gasteiger partial charge in [-0.1, -0.05) is 11.6 Å². The molecule has 0 aromatic heterocycles. The van der Waals surface area contributed by atoms with Crippen LogP contribution in [0.3, 0.4) is 0 Å². The van der Waals surface area contributed by atoms with Crippen LogP contribution in [-0.4, -0.2) is 32.1 Å². The number of ether oxygens (including phenoxy) is 1. The molecule has 0 radical (unpaired) electrons. The molecule has 1 heterocycles. The number of carbonyl (C=O) groups is 1. The van der Waals surface area contributed by atoms with Crippen LogP contribution in [0.2, 0.25) is 0 Å². The van der Waals surface area contributed by atoms with E-state index in [9.17, 15) is 4.79 Å². The molecule has 1 aromatic rings. The Bertz CT molecular complexity index is 453. The van der Waals surface area contributed by atoms with Crippen molar-refractivity contribution in [3.05, 3.63) is 29.3 Å². The van der Waals surface area contributed by atoms with E-state index in [0.717, 1.165) is 25.1 Å². The number of nitrogens with one attached hydrogen (secondary N) is 2. The molecule has 2 unspecified atom stereocenters. The molecule has 1 aromatic carbocycles. The molecule has 104 valence electrons. The standard InChI is InChI=1S/C15H22N2O2/c1-10-4-5-14(19-3)13(8-10)15(18)17-11(2)12-6-7-16-9-12/h4-5,8,11-12,16H,6-7,9H2,1-3H3,(H,17,18). The highest BCUT2D eigenvalue weighted by atomic mass is 16.5. The van der Waals surface area contributed by atoms with Gasteiger partial charge in [-0.3, -0.25) is 4.79 Å². The van der Waals surface area contributed by atoms with E-state index in [0.29, 0.717) is 17.2 Å². The topological polar surface area (TPSA) is 50.4 Å². The van der Waals surface area contributed by atoms with Crippen LogP contribution in [-0.2, 0) is 0 Å². The first kappa shape index (κ1) is 13.9. The Morgan fingerprint density at radius 3 is 2.95 bits per heavy atom. The summed E-state index contributed by atoms with van der Waals surface area (Å²) in [7, 11) is 1.59. The van der Waals surface area contributed by atoms with E-state index < -0.39 is 0 Å². The monoisotopic (exact) mass is 262 g/mol. The van der Waals surface area contributed by atoms with Gasteiger partial charge < -0.3 is 15.4 Å². The van der Waals surface area contributed by atoms with E-state index in [1.807, 2.05) is 25.1 Å². The van der Waals surface area contributed by atoms with Crippen LogP contribution in [0.5, 0.6) is 5.75 Å². The van der Waals surface area contributed by atoms with E-state index in [-0.39, 0.29) is 11.9 Å². The maximum atomic E-state index is 12.3. The van der Waals surface area contributed by atoms with Crippen molar-refractivity contribution in [1.29, 1.82) is 0 Å². The second kappa shape index (κ2) is 6.06. The van der Waals surface area contributed by atoms with Crippen LogP contribution in [0.25, 0.3) is 0 Å². The van der Waals surface area contributed by atoms with Crippen molar-refractivity contribution in [3.63, 3.8) is 0 Å². The third-order valence-electron chi connectivity index (χ3n) is 3.76. The average Bonchev–Trinajstić information content (AvgIpc) is 2.92. The SMILES string of the molecule is COc1ccc(C)cc1C(=O)NC(C)C1CCNC1. The second-order valence-corrected chi connectivity index (χ2v) is 5.22. The highest BCUT2D eigenvalue weighted by Crippen LogP contribution is 2.20. The summed E-state index contributed by atoms with van der Waals surface area (Å²) in [5.41, 5.74) is 1.67. The van der Waals surface area contributed by atoms with Crippen LogP contribution in [0, 0.1) is 12.8 Å². The van der Waals surface area contributed by atoms with E-state index in [4.69, 9.17) is 4.74 Å². The van der Waals surface area contributed by atoms with Crippen molar-refractivity contribution in [3.8, 4) is 5.75 Å². The first-order chi connectivity index (χ1) is 9.11. The second-order valence-electron chi connectivity index (χ2n) is 5.22. The predicted molar refractivity (Wildman–Crippen MR) is 75.6 cm³/mol. The number of methoxy groups -OCH3 is 1. The smallest absolute Gasteiger partial charge is 0.255 e. The number of hydrogen-bond acceptors (Lipinski definition) is 3. The van der Waals surface area contributed by atoms with Crippen LogP contribution in [0.1, 0.15) is 29.3 Å². The lowest BCUT2D eigenvalue weighted by molar-refractivity contribution is 0.0925. The van der Waals surface area contributed by atoms with Gasteiger partial charge in [-0.15, -0.1) is 0 Å². The molecule has 1 saturated heterocycles. The summed E-state index contributed by atoms with van der Waals surface area (Å²) in [5.74, 6) is 1.08. The Morgan fingerprint density at radius 2 is 2.32 bits per heavy atom. The first-order valence-electron chi connectivity index (χ1n) is 6.78. The Morgan fingerprint density at radius 1 is 1.53 bits per heavy atom. The van der Waals surface area contributed by atoms with Gasteiger partial charge in [0.25, 0.3) is 5.91 Å². The molecule has 0 spiro atoms. The third kappa shape index (κ3) is 3.26. The van der Waals surface area contributed by atoms with E-state index in [1.54, 1.807) is 7.11 Å². The number of aryl methyl sites for hydroxylation is 1. The Labute approximate surface area is 114 Å². The van der Waals surface area contributed by atoms with Crippen molar-refractivity contribution in [2.24, 2.45) is 5.92 Å². The van der Waals surface area contributed by atoms with Crippen LogP contribution in [0.15, 0.2) is 18.2 Å². The van der Waals surface area contributed by atoms with Crippen molar-refractivity contribution in [2.75, 3.05) is 20.2 Å². The molecule has 1 aliphatic heterocycles. The van der Waals surface area contributed by atoms with Gasteiger partial charge in [-0.05, 0) is 51.4 Å². The molecule has 2 atom stereocenters.